The van der Waals surface area contributed by atoms with Crippen molar-refractivity contribution in [1.29, 1.82) is 0 Å². The van der Waals surface area contributed by atoms with Gasteiger partial charge in [0.1, 0.15) is 16.5 Å². The highest BCUT2D eigenvalue weighted by Gasteiger charge is 2.29. The quantitative estimate of drug-likeness (QED) is 0.405. The van der Waals surface area contributed by atoms with Crippen molar-refractivity contribution in [1.82, 2.24) is 14.8 Å². The number of thiophene rings is 1. The molecule has 1 aliphatic rings. The predicted octanol–water partition coefficient (Wildman–Crippen LogP) is 5.86. The van der Waals surface area contributed by atoms with Crippen molar-refractivity contribution in [2.24, 2.45) is 0 Å². The van der Waals surface area contributed by atoms with Gasteiger partial charge in [-0.2, -0.15) is 0 Å². The summed E-state index contributed by atoms with van der Waals surface area (Å²) in [5, 5.41) is 7.67. The largest absolute Gasteiger partial charge is 0.495 e. The van der Waals surface area contributed by atoms with Gasteiger partial charge in [-0.3, -0.25) is 4.90 Å². The Morgan fingerprint density at radius 3 is 2.56 bits per heavy atom. The van der Waals surface area contributed by atoms with E-state index in [0.29, 0.717) is 22.2 Å². The summed E-state index contributed by atoms with van der Waals surface area (Å²) in [6.07, 6.45) is 5.88. The van der Waals surface area contributed by atoms with Gasteiger partial charge in [0.25, 0.3) is 0 Å². The maximum Gasteiger partial charge on any atom is 0.319 e. The van der Waals surface area contributed by atoms with Crippen molar-refractivity contribution < 1.29 is 14.3 Å². The number of likely N-dealkylation sites (N-methyl/N-ethyl adjacent to an activating group) is 1. The van der Waals surface area contributed by atoms with Crippen molar-refractivity contribution >= 4 is 34.7 Å². The lowest BCUT2D eigenvalue weighted by Crippen LogP contribution is -2.34. The lowest BCUT2D eigenvalue weighted by Gasteiger charge is -2.27. The van der Waals surface area contributed by atoms with Crippen LogP contribution in [-0.4, -0.2) is 42.8 Å². The molecule has 1 aliphatic heterocycles. The monoisotopic (exact) mass is 502 g/mol. The number of methoxy groups -OCH3 is 2. The van der Waals surface area contributed by atoms with E-state index in [0.717, 1.165) is 32.5 Å². The molecule has 1 aromatic carbocycles. The van der Waals surface area contributed by atoms with E-state index in [4.69, 9.17) is 21.1 Å². The molecular weight excluding hydrogens is 472 g/mol. The molecule has 3 aromatic rings. The second-order valence-corrected chi connectivity index (χ2v) is 9.67. The van der Waals surface area contributed by atoms with Crippen LogP contribution < -0.4 is 20.1 Å². The first kappa shape index (κ1) is 24.4. The standard InChI is InChI=1S/C25H31ClN4O3S/c1-5-18(27-25(31)28-19-13-17(26)20(32-3)14-21(19)33-4)23-16-9-12-29(6-2)15-22(16)34-24(23)30-10-7-8-11-30/h7-8,10-11,13-14,18H,5-6,9,12,15H2,1-4H3,(H2,27,28,31). The van der Waals surface area contributed by atoms with Gasteiger partial charge in [-0.15, -0.1) is 11.3 Å². The van der Waals surface area contributed by atoms with Gasteiger partial charge in [0.15, 0.2) is 0 Å². The fourth-order valence-electron chi connectivity index (χ4n) is 4.41. The Hall–Kier alpha value is -2.68. The van der Waals surface area contributed by atoms with Crippen LogP contribution in [0.15, 0.2) is 36.7 Å². The van der Waals surface area contributed by atoms with Crippen LogP contribution in [0, 0.1) is 0 Å². The number of halogens is 1. The third-order valence-electron chi connectivity index (χ3n) is 6.23. The van der Waals surface area contributed by atoms with Gasteiger partial charge in [0.05, 0.1) is 31.0 Å². The Morgan fingerprint density at radius 1 is 1.18 bits per heavy atom. The molecule has 34 heavy (non-hydrogen) atoms. The molecule has 2 amide bonds. The molecule has 0 fully saturated rings. The van der Waals surface area contributed by atoms with E-state index >= 15 is 0 Å². The molecule has 0 saturated carbocycles. The Balaban J connectivity index is 1.63. The number of hydrogen-bond acceptors (Lipinski definition) is 5. The van der Waals surface area contributed by atoms with Gasteiger partial charge in [0, 0.05) is 42.0 Å². The highest BCUT2D eigenvalue weighted by atomic mass is 35.5. The van der Waals surface area contributed by atoms with Crippen molar-refractivity contribution in [2.75, 3.05) is 32.6 Å². The van der Waals surface area contributed by atoms with Gasteiger partial charge in [-0.1, -0.05) is 25.4 Å². The molecular formula is C25H31ClN4O3S. The van der Waals surface area contributed by atoms with E-state index in [1.54, 1.807) is 19.2 Å². The molecule has 1 unspecified atom stereocenters. The number of fused-ring (bicyclic) bond motifs is 1. The summed E-state index contributed by atoms with van der Waals surface area (Å²) in [6.45, 7) is 7.32. The average molecular weight is 503 g/mol. The molecule has 2 aromatic heterocycles. The normalized spacial score (nSPS) is 14.4. The minimum atomic E-state index is -0.309. The summed E-state index contributed by atoms with van der Waals surface area (Å²) < 4.78 is 12.8. The smallest absolute Gasteiger partial charge is 0.319 e. The zero-order chi connectivity index (χ0) is 24.2. The number of hydrogen-bond donors (Lipinski definition) is 2. The van der Waals surface area contributed by atoms with Crippen molar-refractivity contribution in [3.05, 3.63) is 57.7 Å². The third kappa shape index (κ3) is 4.89. The van der Waals surface area contributed by atoms with Crippen LogP contribution in [0.4, 0.5) is 10.5 Å². The lowest BCUT2D eigenvalue weighted by molar-refractivity contribution is 0.247. The molecule has 0 spiro atoms. The lowest BCUT2D eigenvalue weighted by atomic mass is 9.96. The van der Waals surface area contributed by atoms with E-state index in [2.05, 4.69) is 46.3 Å². The van der Waals surface area contributed by atoms with E-state index in [1.807, 2.05) is 23.5 Å². The second kappa shape index (κ2) is 10.7. The number of ether oxygens (including phenoxy) is 2. The first-order valence-corrected chi connectivity index (χ1v) is 12.7. The van der Waals surface area contributed by atoms with Gasteiger partial charge in [-0.05, 0) is 43.1 Å². The van der Waals surface area contributed by atoms with Crippen LogP contribution in [0.1, 0.15) is 42.3 Å². The average Bonchev–Trinajstić information content (AvgIpc) is 3.50. The van der Waals surface area contributed by atoms with Gasteiger partial charge in [-0.25, -0.2) is 4.79 Å². The fraction of sp³-hybridized carbons (Fsp3) is 0.400. The Morgan fingerprint density at radius 2 is 1.91 bits per heavy atom. The molecule has 182 valence electrons. The highest BCUT2D eigenvalue weighted by molar-refractivity contribution is 7.15. The maximum atomic E-state index is 13.1. The first-order chi connectivity index (χ1) is 16.5. The number of amides is 2. The van der Waals surface area contributed by atoms with Crippen LogP contribution in [0.3, 0.4) is 0 Å². The topological polar surface area (TPSA) is 67.8 Å². The number of urea groups is 1. The SMILES string of the molecule is CCC(NC(=O)Nc1cc(Cl)c(OC)cc1OC)c1c(-n2cccc2)sc2c1CCN(CC)C2. The maximum absolute atomic E-state index is 13.1. The van der Waals surface area contributed by atoms with Crippen LogP contribution in [0.25, 0.3) is 5.00 Å². The Bertz CT molecular complexity index is 1150. The van der Waals surface area contributed by atoms with Crippen LogP contribution in [-0.2, 0) is 13.0 Å². The van der Waals surface area contributed by atoms with Crippen molar-refractivity contribution in [2.45, 2.75) is 39.3 Å². The Labute approximate surface area is 209 Å². The molecule has 7 nitrogen and oxygen atoms in total. The number of nitrogens with one attached hydrogen (secondary N) is 2. The van der Waals surface area contributed by atoms with Crippen LogP contribution >= 0.6 is 22.9 Å². The van der Waals surface area contributed by atoms with Crippen LogP contribution in [0.5, 0.6) is 11.5 Å². The molecule has 0 bridgehead atoms. The number of nitrogens with zero attached hydrogens (tertiary/aromatic N) is 2. The number of rotatable bonds is 8. The van der Waals surface area contributed by atoms with Gasteiger partial charge >= 0.3 is 6.03 Å². The predicted molar refractivity (Wildman–Crippen MR) is 138 cm³/mol. The molecule has 9 heteroatoms. The Kier molecular flexibility index (Phi) is 7.70. The minimum Gasteiger partial charge on any atom is -0.495 e. The molecule has 4 rings (SSSR count). The summed E-state index contributed by atoms with van der Waals surface area (Å²) in [4.78, 5) is 17.0. The summed E-state index contributed by atoms with van der Waals surface area (Å²) in [5.41, 5.74) is 3.07. The number of benzene rings is 1. The second-order valence-electron chi connectivity index (χ2n) is 8.18. The zero-order valence-electron chi connectivity index (χ0n) is 20.0. The minimum absolute atomic E-state index is 0.134. The van der Waals surface area contributed by atoms with E-state index in [1.165, 1.54) is 28.1 Å². The molecule has 3 heterocycles. The summed E-state index contributed by atoms with van der Waals surface area (Å²) in [7, 11) is 3.08. The van der Waals surface area contributed by atoms with Crippen molar-refractivity contribution in [3.63, 3.8) is 0 Å². The number of anilines is 1. The molecule has 1 atom stereocenters. The first-order valence-electron chi connectivity index (χ1n) is 11.5. The number of carbonyl (C=O) groups is 1. The summed E-state index contributed by atoms with van der Waals surface area (Å²) in [6, 6.07) is 6.91. The zero-order valence-corrected chi connectivity index (χ0v) is 21.6. The molecule has 2 N–H and O–H groups in total. The van der Waals surface area contributed by atoms with E-state index in [9.17, 15) is 4.79 Å². The van der Waals surface area contributed by atoms with Gasteiger partial charge in [0.2, 0.25) is 0 Å². The molecule has 0 aliphatic carbocycles. The summed E-state index contributed by atoms with van der Waals surface area (Å²) >= 11 is 8.10. The van der Waals surface area contributed by atoms with E-state index in [-0.39, 0.29) is 12.1 Å². The van der Waals surface area contributed by atoms with E-state index < -0.39 is 0 Å². The number of carbonyl (C=O) groups excluding carboxylic acids is 1. The van der Waals surface area contributed by atoms with Crippen LogP contribution in [0.2, 0.25) is 5.02 Å². The van der Waals surface area contributed by atoms with Crippen molar-refractivity contribution in [3.8, 4) is 16.5 Å². The van der Waals surface area contributed by atoms with Gasteiger partial charge < -0.3 is 24.7 Å². The highest BCUT2D eigenvalue weighted by Crippen LogP contribution is 2.40. The fourth-order valence-corrected chi connectivity index (χ4v) is 6.07. The molecule has 0 saturated heterocycles. The third-order valence-corrected chi connectivity index (χ3v) is 7.77. The molecule has 0 radical (unpaired) electrons. The summed E-state index contributed by atoms with van der Waals surface area (Å²) in [5.74, 6) is 0.961. The number of aromatic nitrogens is 1.